The van der Waals surface area contributed by atoms with Crippen LogP contribution in [0.25, 0.3) is 11.3 Å². The summed E-state index contributed by atoms with van der Waals surface area (Å²) in [6.07, 6.45) is 0. The molecule has 2 heterocycles. The number of nitrogens with one attached hydrogen (secondary N) is 1. The van der Waals surface area contributed by atoms with Gasteiger partial charge in [-0.3, -0.25) is 4.79 Å². The van der Waals surface area contributed by atoms with Gasteiger partial charge in [0.05, 0.1) is 12.6 Å². The van der Waals surface area contributed by atoms with Crippen LogP contribution in [0.1, 0.15) is 19.7 Å². The molecule has 0 saturated carbocycles. The molecule has 0 spiro atoms. The number of amides is 1. The first-order chi connectivity index (χ1) is 15.2. The number of nitrogens with zero attached hydrogens (tertiary/aromatic N) is 3. The quantitative estimate of drug-likeness (QED) is 0.579. The number of carbonyl (C=O) groups is 1. The Labute approximate surface area is 197 Å². The summed E-state index contributed by atoms with van der Waals surface area (Å²) in [7, 11) is 0. The molecule has 3 aromatic rings. The van der Waals surface area contributed by atoms with Crippen molar-refractivity contribution in [3.63, 3.8) is 0 Å². The van der Waals surface area contributed by atoms with Crippen molar-refractivity contribution in [2.24, 2.45) is 11.7 Å². The van der Waals surface area contributed by atoms with E-state index in [1.807, 2.05) is 18.4 Å². The lowest BCUT2D eigenvalue weighted by Crippen LogP contribution is -2.49. The van der Waals surface area contributed by atoms with Crippen molar-refractivity contribution in [2.45, 2.75) is 33.0 Å². The molecule has 10 heteroatoms. The predicted molar refractivity (Wildman–Crippen MR) is 126 cm³/mol. The van der Waals surface area contributed by atoms with Crippen LogP contribution in [0.5, 0.6) is 0 Å². The standard InChI is InChI=1S/C23H24F3N5O.H2S/c1-13(2)20(27)23(32)30-9-10-31-19(12-30)29-21(14-3-5-15(24)6-4-14)22(31)28-16-7-8-17(25)18(26)11-16;/h3-8,11,13,20,28H,9-10,12,27H2,1-2H3;1H2/t20-;/m0./s1. The van der Waals surface area contributed by atoms with E-state index in [4.69, 9.17) is 10.7 Å². The van der Waals surface area contributed by atoms with Gasteiger partial charge in [-0.2, -0.15) is 13.5 Å². The van der Waals surface area contributed by atoms with Gasteiger partial charge in [0.25, 0.3) is 0 Å². The minimum absolute atomic E-state index is 0. The number of carbonyl (C=O) groups excluding carboxylic acids is 1. The molecule has 33 heavy (non-hydrogen) atoms. The van der Waals surface area contributed by atoms with Gasteiger partial charge in [0.1, 0.15) is 23.2 Å². The molecule has 1 aliphatic rings. The van der Waals surface area contributed by atoms with E-state index in [9.17, 15) is 18.0 Å². The number of hydrogen-bond acceptors (Lipinski definition) is 4. The molecule has 0 aliphatic carbocycles. The zero-order chi connectivity index (χ0) is 23.0. The van der Waals surface area contributed by atoms with Gasteiger partial charge in [-0.15, -0.1) is 0 Å². The van der Waals surface area contributed by atoms with Crippen LogP contribution in [-0.4, -0.2) is 32.9 Å². The summed E-state index contributed by atoms with van der Waals surface area (Å²) >= 11 is 0. The van der Waals surface area contributed by atoms with Crippen molar-refractivity contribution in [2.75, 3.05) is 11.9 Å². The Morgan fingerprint density at radius 1 is 1.06 bits per heavy atom. The lowest BCUT2D eigenvalue weighted by atomic mass is 10.0. The van der Waals surface area contributed by atoms with E-state index < -0.39 is 17.7 Å². The Kier molecular flexibility index (Phi) is 7.38. The summed E-state index contributed by atoms with van der Waals surface area (Å²) in [5.74, 6) is -1.27. The van der Waals surface area contributed by atoms with Gasteiger partial charge in [0.2, 0.25) is 5.91 Å². The molecular weight excluding hydrogens is 451 g/mol. The molecule has 0 fully saturated rings. The molecule has 0 saturated heterocycles. The number of aromatic nitrogens is 2. The van der Waals surface area contributed by atoms with Gasteiger partial charge in [-0.05, 0) is 42.3 Å². The van der Waals surface area contributed by atoms with E-state index in [1.54, 1.807) is 17.0 Å². The zero-order valence-corrected chi connectivity index (χ0v) is 19.3. The van der Waals surface area contributed by atoms with Gasteiger partial charge < -0.3 is 20.5 Å². The fraction of sp³-hybridized carbons (Fsp3) is 0.304. The zero-order valence-electron chi connectivity index (χ0n) is 18.3. The first-order valence-electron chi connectivity index (χ1n) is 10.4. The smallest absolute Gasteiger partial charge is 0.240 e. The average Bonchev–Trinajstić information content (AvgIpc) is 3.13. The lowest BCUT2D eigenvalue weighted by molar-refractivity contribution is -0.135. The highest BCUT2D eigenvalue weighted by Crippen LogP contribution is 2.33. The van der Waals surface area contributed by atoms with E-state index in [0.717, 1.165) is 12.1 Å². The summed E-state index contributed by atoms with van der Waals surface area (Å²) < 4.78 is 42.5. The molecule has 6 nitrogen and oxygen atoms in total. The molecule has 1 atom stereocenters. The molecule has 0 bridgehead atoms. The normalized spacial score (nSPS) is 14.0. The van der Waals surface area contributed by atoms with Crippen molar-refractivity contribution < 1.29 is 18.0 Å². The fourth-order valence-electron chi connectivity index (χ4n) is 3.66. The molecular formula is C23H26F3N5OS. The third-order valence-corrected chi connectivity index (χ3v) is 5.59. The highest BCUT2D eigenvalue weighted by Gasteiger charge is 2.30. The van der Waals surface area contributed by atoms with Crippen molar-refractivity contribution in [1.29, 1.82) is 0 Å². The number of imidazole rings is 1. The number of fused-ring (bicyclic) bond motifs is 1. The third kappa shape index (κ3) is 5.01. The first kappa shape index (κ1) is 24.7. The molecule has 176 valence electrons. The van der Waals surface area contributed by atoms with Crippen molar-refractivity contribution in [3.8, 4) is 11.3 Å². The molecule has 0 radical (unpaired) electrons. The van der Waals surface area contributed by atoms with Crippen LogP contribution in [-0.2, 0) is 17.9 Å². The van der Waals surface area contributed by atoms with Crippen molar-refractivity contribution >= 4 is 30.9 Å². The number of halogens is 3. The number of anilines is 2. The minimum Gasteiger partial charge on any atom is -0.340 e. The topological polar surface area (TPSA) is 76.2 Å². The summed E-state index contributed by atoms with van der Waals surface area (Å²) in [6.45, 7) is 4.91. The van der Waals surface area contributed by atoms with Gasteiger partial charge in [-0.1, -0.05) is 13.8 Å². The minimum atomic E-state index is -0.976. The summed E-state index contributed by atoms with van der Waals surface area (Å²) in [4.78, 5) is 19.1. The largest absolute Gasteiger partial charge is 0.340 e. The van der Waals surface area contributed by atoms with Crippen molar-refractivity contribution in [3.05, 3.63) is 65.7 Å². The maximum atomic E-state index is 13.8. The Morgan fingerprint density at radius 2 is 1.76 bits per heavy atom. The Morgan fingerprint density at radius 3 is 2.39 bits per heavy atom. The Balaban J connectivity index is 0.00000306. The predicted octanol–water partition coefficient (Wildman–Crippen LogP) is 4.15. The van der Waals surface area contributed by atoms with E-state index >= 15 is 0 Å². The number of benzene rings is 2. The maximum absolute atomic E-state index is 13.8. The number of hydrogen-bond donors (Lipinski definition) is 2. The lowest BCUT2D eigenvalue weighted by Gasteiger charge is -2.31. The first-order valence-corrected chi connectivity index (χ1v) is 10.4. The van der Waals surface area contributed by atoms with Crippen LogP contribution in [0.4, 0.5) is 24.7 Å². The highest BCUT2D eigenvalue weighted by molar-refractivity contribution is 7.59. The summed E-state index contributed by atoms with van der Waals surface area (Å²) in [6, 6.07) is 8.76. The van der Waals surface area contributed by atoms with Gasteiger partial charge >= 0.3 is 0 Å². The molecule has 1 amide bonds. The van der Waals surface area contributed by atoms with Gasteiger partial charge in [0.15, 0.2) is 11.6 Å². The van der Waals surface area contributed by atoms with Crippen LogP contribution in [0, 0.1) is 23.4 Å². The second kappa shape index (κ2) is 9.88. The second-order valence-electron chi connectivity index (χ2n) is 8.17. The molecule has 2 aromatic carbocycles. The third-order valence-electron chi connectivity index (χ3n) is 5.59. The highest BCUT2D eigenvalue weighted by atomic mass is 32.1. The Bertz CT molecular complexity index is 1150. The van der Waals surface area contributed by atoms with E-state index in [1.165, 1.54) is 18.2 Å². The van der Waals surface area contributed by atoms with Crippen LogP contribution in [0.15, 0.2) is 42.5 Å². The van der Waals surface area contributed by atoms with Crippen molar-refractivity contribution in [1.82, 2.24) is 14.5 Å². The average molecular weight is 478 g/mol. The summed E-state index contributed by atoms with van der Waals surface area (Å²) in [5, 5.41) is 3.12. The Hall–Kier alpha value is -2.98. The molecule has 3 N–H and O–H groups in total. The molecule has 0 unspecified atom stereocenters. The van der Waals surface area contributed by atoms with Crippen LogP contribution < -0.4 is 11.1 Å². The fourth-order valence-corrected chi connectivity index (χ4v) is 3.66. The van der Waals surface area contributed by atoms with E-state index in [0.29, 0.717) is 41.7 Å². The molecule has 1 aliphatic heterocycles. The van der Waals surface area contributed by atoms with E-state index in [2.05, 4.69) is 5.32 Å². The SMILES string of the molecule is CC(C)[C@H](N)C(=O)N1CCn2c(nc(-c3ccc(F)cc3)c2Nc2ccc(F)c(F)c2)C1.S. The number of rotatable bonds is 5. The van der Waals surface area contributed by atoms with E-state index in [-0.39, 0.29) is 37.7 Å². The van der Waals surface area contributed by atoms with Crippen LogP contribution >= 0.6 is 13.5 Å². The molecule has 1 aromatic heterocycles. The monoisotopic (exact) mass is 477 g/mol. The second-order valence-corrected chi connectivity index (χ2v) is 8.17. The van der Waals surface area contributed by atoms with Gasteiger partial charge in [-0.25, -0.2) is 18.2 Å². The summed E-state index contributed by atoms with van der Waals surface area (Å²) in [5.41, 5.74) is 7.56. The van der Waals surface area contributed by atoms with Crippen LogP contribution in [0.2, 0.25) is 0 Å². The number of nitrogens with two attached hydrogens (primary N) is 1. The van der Waals surface area contributed by atoms with Crippen LogP contribution in [0.3, 0.4) is 0 Å². The maximum Gasteiger partial charge on any atom is 0.240 e. The molecule has 4 rings (SSSR count). The van der Waals surface area contributed by atoms with Gasteiger partial charge in [0, 0.05) is 30.4 Å².